The number of carboxylic acid groups (broad SMARTS) is 1. The molecule has 5 rings (SSSR count). The number of nitrogens with zero attached hydrogens (tertiary/aromatic N) is 1. The molecule has 0 aromatic heterocycles. The Kier molecular flexibility index (Phi) is 6.56. The van der Waals surface area contributed by atoms with Crippen molar-refractivity contribution in [3.05, 3.63) is 11.1 Å². The van der Waals surface area contributed by atoms with E-state index in [4.69, 9.17) is 10.5 Å². The lowest BCUT2D eigenvalue weighted by Gasteiger charge is -2.60. The number of hydrogen-bond acceptors (Lipinski definition) is 6. The number of likely N-dealkylation sites (tertiary alicyclic amines) is 1. The Balaban J connectivity index is 1.62. The Morgan fingerprint density at radius 3 is 2.69 bits per heavy atom. The summed E-state index contributed by atoms with van der Waals surface area (Å²) in [6, 6.07) is 0. The fourth-order valence-corrected chi connectivity index (χ4v) is 9.52. The molecule has 1 aliphatic heterocycles. The SMILES string of the molecule is CN=C(N)[NH+]1CC[C@H](CNC)[C@@]2(C1)[C@@H]1CC[C@@H](C)[C@]23C[C@](O)(COC2CCCC2)C(C(=O)[O-])=C3C1. The molecule has 0 radical (unpaired) electrons. The van der Waals surface area contributed by atoms with Crippen LogP contribution < -0.4 is 21.1 Å². The van der Waals surface area contributed by atoms with Gasteiger partial charge in [-0.3, -0.25) is 4.90 Å². The normalized spacial score (nSPS) is 43.8. The number of rotatable bonds is 6. The first kappa shape index (κ1) is 25.2. The monoisotopic (exact) mass is 488 g/mol. The number of nitrogens with one attached hydrogen (secondary N) is 2. The van der Waals surface area contributed by atoms with Crippen LogP contribution in [-0.4, -0.2) is 69.1 Å². The standard InChI is InChI=1S/C27H44N4O4/c1-17-8-9-18-12-21-22(23(32)33)25(34,16-35-20-6-4-5-7-20)14-26(17,21)27(18)15-31(24(28)30-3)11-10-19(27)13-29-2/h17-20,29,34H,4-16H2,1-3H3,(H2,28,30)(H,32,33)/t17-,18-,19-,25+,26+,27-/m1/s1. The van der Waals surface area contributed by atoms with Gasteiger partial charge in [0.2, 0.25) is 0 Å². The van der Waals surface area contributed by atoms with Gasteiger partial charge in [-0.2, -0.15) is 0 Å². The molecule has 1 saturated heterocycles. The van der Waals surface area contributed by atoms with Crippen molar-refractivity contribution in [2.24, 2.45) is 39.3 Å². The fourth-order valence-electron chi connectivity index (χ4n) is 9.52. The van der Waals surface area contributed by atoms with E-state index in [9.17, 15) is 15.0 Å². The molecule has 196 valence electrons. The smallest absolute Gasteiger partial charge is 0.293 e. The highest BCUT2D eigenvalue weighted by Gasteiger charge is 2.75. The van der Waals surface area contributed by atoms with Crippen molar-refractivity contribution in [3.63, 3.8) is 0 Å². The van der Waals surface area contributed by atoms with E-state index in [2.05, 4.69) is 17.2 Å². The van der Waals surface area contributed by atoms with Crippen LogP contribution in [0.3, 0.4) is 0 Å². The Morgan fingerprint density at radius 2 is 2.03 bits per heavy atom. The minimum atomic E-state index is -1.51. The van der Waals surface area contributed by atoms with Crippen LogP contribution >= 0.6 is 0 Å². The predicted molar refractivity (Wildman–Crippen MR) is 131 cm³/mol. The van der Waals surface area contributed by atoms with E-state index in [-0.39, 0.29) is 35.0 Å². The minimum absolute atomic E-state index is 0.0471. The van der Waals surface area contributed by atoms with Crippen LogP contribution in [0.1, 0.15) is 64.7 Å². The van der Waals surface area contributed by atoms with Crippen LogP contribution in [0.4, 0.5) is 0 Å². The highest BCUT2D eigenvalue weighted by Crippen LogP contribution is 2.76. The molecule has 2 bridgehead atoms. The third-order valence-corrected chi connectivity index (χ3v) is 10.8. The van der Waals surface area contributed by atoms with E-state index >= 15 is 0 Å². The molecule has 5 aliphatic rings. The lowest BCUT2D eigenvalue weighted by atomic mass is 9.45. The van der Waals surface area contributed by atoms with Gasteiger partial charge in [0, 0.05) is 29.9 Å². The zero-order valence-electron chi connectivity index (χ0n) is 21.7. The molecular weight excluding hydrogens is 444 g/mol. The van der Waals surface area contributed by atoms with E-state index in [0.717, 1.165) is 76.6 Å². The molecule has 0 aromatic rings. The summed E-state index contributed by atoms with van der Waals surface area (Å²) in [6.45, 7) is 4.97. The van der Waals surface area contributed by atoms with E-state index in [1.54, 1.807) is 7.05 Å². The number of ether oxygens (including phenoxy) is 1. The summed E-state index contributed by atoms with van der Waals surface area (Å²) in [7, 11) is 3.75. The van der Waals surface area contributed by atoms with Crippen molar-refractivity contribution in [1.29, 1.82) is 0 Å². The van der Waals surface area contributed by atoms with Crippen LogP contribution in [0.25, 0.3) is 0 Å². The van der Waals surface area contributed by atoms with Gasteiger partial charge in [0.1, 0.15) is 5.60 Å². The minimum Gasteiger partial charge on any atom is -0.545 e. The van der Waals surface area contributed by atoms with Gasteiger partial charge in [0.05, 0.1) is 31.8 Å². The van der Waals surface area contributed by atoms with Gasteiger partial charge >= 0.3 is 0 Å². The van der Waals surface area contributed by atoms with Crippen molar-refractivity contribution in [2.75, 3.05) is 40.3 Å². The van der Waals surface area contributed by atoms with Crippen LogP contribution in [0.15, 0.2) is 16.1 Å². The average Bonchev–Trinajstić information content (AvgIpc) is 3.47. The summed E-state index contributed by atoms with van der Waals surface area (Å²) >= 11 is 0. The van der Waals surface area contributed by atoms with Crippen molar-refractivity contribution in [1.82, 2.24) is 5.32 Å². The second-order valence-electron chi connectivity index (χ2n) is 12.1. The number of aliphatic imine (C=N–C) groups is 1. The van der Waals surface area contributed by atoms with E-state index < -0.39 is 11.6 Å². The van der Waals surface area contributed by atoms with E-state index in [0.29, 0.717) is 24.2 Å². The van der Waals surface area contributed by atoms with Gasteiger partial charge in [0.15, 0.2) is 0 Å². The quantitative estimate of drug-likeness (QED) is 0.298. The highest BCUT2D eigenvalue weighted by molar-refractivity contribution is 5.90. The molecule has 0 amide bonds. The maximum absolute atomic E-state index is 12.7. The Labute approximate surface area is 209 Å². The number of carbonyl (C=O) groups is 1. The maximum atomic E-state index is 12.7. The Morgan fingerprint density at radius 1 is 1.29 bits per heavy atom. The third-order valence-electron chi connectivity index (χ3n) is 10.8. The Bertz CT molecular complexity index is 915. The topological polar surface area (TPSA) is 124 Å². The van der Waals surface area contributed by atoms with Crippen LogP contribution in [0.5, 0.6) is 0 Å². The molecule has 8 nitrogen and oxygen atoms in total. The molecule has 8 heteroatoms. The molecular formula is C27H44N4O4. The number of hydrogen-bond donors (Lipinski definition) is 4. The summed E-state index contributed by atoms with van der Waals surface area (Å²) in [6.07, 6.45) is 8.63. The van der Waals surface area contributed by atoms with E-state index in [1.807, 2.05) is 7.05 Å². The zero-order chi connectivity index (χ0) is 25.0. The highest BCUT2D eigenvalue weighted by atomic mass is 16.5. The number of aliphatic hydroxyl groups is 1. The van der Waals surface area contributed by atoms with Crippen molar-refractivity contribution in [2.45, 2.75) is 76.4 Å². The lowest BCUT2D eigenvalue weighted by Crippen LogP contribution is -3.19. The molecule has 2 spiro atoms. The number of piperidine rings is 1. The summed E-state index contributed by atoms with van der Waals surface area (Å²) in [5, 5.41) is 28.2. The summed E-state index contributed by atoms with van der Waals surface area (Å²) in [5.74, 6) is 0.437. The van der Waals surface area contributed by atoms with Gasteiger partial charge in [-0.05, 0) is 69.9 Å². The molecule has 35 heavy (non-hydrogen) atoms. The van der Waals surface area contributed by atoms with Crippen LogP contribution in [0.2, 0.25) is 0 Å². The first-order chi connectivity index (χ1) is 16.7. The molecule has 0 aromatic carbocycles. The number of carboxylic acids is 1. The maximum Gasteiger partial charge on any atom is 0.293 e. The van der Waals surface area contributed by atoms with Crippen molar-refractivity contribution < 1.29 is 24.6 Å². The van der Waals surface area contributed by atoms with Gasteiger partial charge in [-0.15, -0.1) is 0 Å². The summed E-state index contributed by atoms with van der Waals surface area (Å²) in [4.78, 5) is 18.2. The summed E-state index contributed by atoms with van der Waals surface area (Å²) < 4.78 is 6.20. The molecule has 5 N–H and O–H groups in total. The number of allylic oxidation sites excluding steroid dienone is 1. The largest absolute Gasteiger partial charge is 0.545 e. The van der Waals surface area contributed by atoms with Gasteiger partial charge < -0.3 is 30.8 Å². The molecule has 4 aliphatic carbocycles. The van der Waals surface area contributed by atoms with E-state index in [1.165, 1.54) is 4.90 Å². The average molecular weight is 489 g/mol. The number of aliphatic carboxylic acids is 1. The Hall–Kier alpha value is -1.48. The fraction of sp³-hybridized carbons (Fsp3) is 0.852. The van der Waals surface area contributed by atoms with Gasteiger partial charge in [-0.25, -0.2) is 4.99 Å². The predicted octanol–water partition coefficient (Wildman–Crippen LogP) is -0.382. The third kappa shape index (κ3) is 3.54. The number of quaternary nitrogens is 1. The first-order valence-electron chi connectivity index (χ1n) is 13.7. The molecule has 3 saturated carbocycles. The first-order valence-corrected chi connectivity index (χ1v) is 13.7. The molecule has 1 unspecified atom stereocenters. The number of guanidine groups is 1. The van der Waals surface area contributed by atoms with Gasteiger partial charge in [-0.1, -0.05) is 25.3 Å². The molecule has 4 fully saturated rings. The molecule has 1 heterocycles. The zero-order valence-corrected chi connectivity index (χ0v) is 21.7. The van der Waals surface area contributed by atoms with Crippen LogP contribution in [-0.2, 0) is 9.53 Å². The number of carbonyl (C=O) groups excluding carboxylic acids is 1. The van der Waals surface area contributed by atoms with Crippen molar-refractivity contribution in [3.8, 4) is 0 Å². The van der Waals surface area contributed by atoms with Crippen LogP contribution in [0, 0.1) is 28.6 Å². The second kappa shape index (κ2) is 9.12. The number of nitrogens with two attached hydrogens (primary N) is 1. The van der Waals surface area contributed by atoms with Gasteiger partial charge in [0.25, 0.3) is 5.96 Å². The van der Waals surface area contributed by atoms with Crippen molar-refractivity contribution >= 4 is 11.9 Å². The lowest BCUT2D eigenvalue weighted by molar-refractivity contribution is -0.828. The summed E-state index contributed by atoms with van der Waals surface area (Å²) in [5.41, 5.74) is 5.45. The molecule has 7 atom stereocenters. The second-order valence-corrected chi connectivity index (χ2v) is 12.1.